The van der Waals surface area contributed by atoms with Gasteiger partial charge in [0.25, 0.3) is 0 Å². The Morgan fingerprint density at radius 2 is 2.27 bits per heavy atom. The van der Waals surface area contributed by atoms with Crippen LogP contribution in [0.15, 0.2) is 18.2 Å². The summed E-state index contributed by atoms with van der Waals surface area (Å²) < 4.78 is 0. The molecule has 1 aromatic carbocycles. The van der Waals surface area contributed by atoms with Gasteiger partial charge in [-0.05, 0) is 42.9 Å². The number of nitrogens with one attached hydrogen (secondary N) is 1. The second-order valence-corrected chi connectivity index (χ2v) is 3.80. The van der Waals surface area contributed by atoms with Crippen LogP contribution >= 0.6 is 0 Å². The normalized spacial score (nSPS) is 15.3. The Hall–Kier alpha value is -1.06. The van der Waals surface area contributed by atoms with Crippen LogP contribution in [0.4, 0.5) is 0 Å². The van der Waals surface area contributed by atoms with Crippen molar-refractivity contribution >= 4 is 0 Å². The average molecular weight is 206 g/mol. The summed E-state index contributed by atoms with van der Waals surface area (Å²) in [5.74, 6) is 0.856. The molecule has 1 aliphatic heterocycles. The highest BCUT2D eigenvalue weighted by Gasteiger charge is 2.10. The van der Waals surface area contributed by atoms with Crippen molar-refractivity contribution < 1.29 is 9.78 Å². The van der Waals surface area contributed by atoms with Crippen LogP contribution in [0.3, 0.4) is 0 Å². The van der Waals surface area contributed by atoms with Crippen LogP contribution in [0.1, 0.15) is 24.0 Å². The predicted octanol–water partition coefficient (Wildman–Crippen LogP) is 2.16. The molecule has 0 spiro atoms. The van der Waals surface area contributed by atoms with E-state index in [1.807, 2.05) is 6.07 Å². The van der Waals surface area contributed by atoms with Crippen LogP contribution in [0.25, 0.3) is 0 Å². The van der Waals surface area contributed by atoms with Crippen LogP contribution in [0, 0.1) is 0 Å². The lowest BCUT2D eigenvalue weighted by Crippen LogP contribution is -1.97. The minimum absolute atomic E-state index is 0.481. The minimum atomic E-state index is 0.481. The van der Waals surface area contributed by atoms with Gasteiger partial charge in [0.1, 0.15) is 0 Å². The Labute approximate surface area is 90.1 Å². The van der Waals surface area contributed by atoms with Crippen molar-refractivity contribution in [2.75, 3.05) is 13.2 Å². The molecule has 81 valence electrons. The fourth-order valence-corrected chi connectivity index (χ4v) is 1.76. The fraction of sp³-hybridized carbons (Fsp3) is 0.500. The van der Waals surface area contributed by atoms with Crippen molar-refractivity contribution in [2.24, 2.45) is 0 Å². The third-order valence-electron chi connectivity index (χ3n) is 2.60. The summed E-state index contributed by atoms with van der Waals surface area (Å²) in [5, 5.41) is 0. The molecule has 3 heteroatoms. The molecule has 0 unspecified atom stereocenters. The average Bonchev–Trinajstić information content (AvgIpc) is 2.50. The van der Waals surface area contributed by atoms with Gasteiger partial charge >= 0.3 is 0 Å². The Bertz CT molecular complexity index is 325. The maximum Gasteiger partial charge on any atom is 0.168 e. The first kappa shape index (κ1) is 10.5. The van der Waals surface area contributed by atoms with Gasteiger partial charge in [0.15, 0.2) is 5.75 Å². The van der Waals surface area contributed by atoms with Gasteiger partial charge in [-0.1, -0.05) is 12.1 Å². The van der Waals surface area contributed by atoms with Crippen LogP contribution in [-0.4, -0.2) is 13.2 Å². The van der Waals surface area contributed by atoms with E-state index in [1.54, 1.807) is 0 Å². The summed E-state index contributed by atoms with van der Waals surface area (Å²) in [7, 11) is 0. The molecule has 1 radical (unpaired) electrons. The van der Waals surface area contributed by atoms with E-state index in [1.165, 1.54) is 11.1 Å². The molecule has 0 atom stereocenters. The number of hydrogen-bond donors (Lipinski definition) is 0. The van der Waals surface area contributed by atoms with Crippen LogP contribution in [0.5, 0.6) is 5.75 Å². The first-order chi connectivity index (χ1) is 7.40. The van der Waals surface area contributed by atoms with E-state index in [-0.39, 0.29) is 0 Å². The highest BCUT2D eigenvalue weighted by Crippen LogP contribution is 2.25. The van der Waals surface area contributed by atoms with Crippen molar-refractivity contribution in [1.29, 1.82) is 0 Å². The zero-order valence-corrected chi connectivity index (χ0v) is 8.79. The third-order valence-corrected chi connectivity index (χ3v) is 2.60. The van der Waals surface area contributed by atoms with Gasteiger partial charge in [0.2, 0.25) is 0 Å². The van der Waals surface area contributed by atoms with Crippen molar-refractivity contribution in [1.82, 2.24) is 5.73 Å². The van der Waals surface area contributed by atoms with Crippen molar-refractivity contribution in [3.63, 3.8) is 0 Å². The van der Waals surface area contributed by atoms with E-state index in [4.69, 9.17) is 15.5 Å². The number of fused-ring (bicyclic) bond motifs is 1. The van der Waals surface area contributed by atoms with E-state index in [0.717, 1.165) is 31.4 Å². The molecule has 0 amide bonds. The summed E-state index contributed by atoms with van der Waals surface area (Å²) >= 11 is 0. The van der Waals surface area contributed by atoms with Gasteiger partial charge in [0.05, 0.1) is 6.61 Å². The summed E-state index contributed by atoms with van der Waals surface area (Å²) in [6, 6.07) is 6.28. The Balaban J connectivity index is 2.13. The molecule has 0 aromatic heterocycles. The summed E-state index contributed by atoms with van der Waals surface area (Å²) in [6.45, 7) is 1.14. The molecule has 3 nitrogen and oxygen atoms in total. The largest absolute Gasteiger partial charge is 0.337 e. The number of aryl methyl sites for hydroxylation is 2. The molecular weight excluding hydrogens is 190 g/mol. The lowest BCUT2D eigenvalue weighted by atomic mass is 10.0. The van der Waals surface area contributed by atoms with Crippen LogP contribution in [0.2, 0.25) is 0 Å². The van der Waals surface area contributed by atoms with Gasteiger partial charge in [-0.2, -0.15) is 4.89 Å². The molecule has 1 aromatic rings. The predicted molar refractivity (Wildman–Crippen MR) is 57.6 cm³/mol. The standard InChI is InChI=1S/C12H16NO2/c13-7-1-3-10-5-6-11-4-2-8-14-15-12(11)9-10/h5-6,9,13H,1-4,7-8H2. The molecule has 1 heterocycles. The summed E-state index contributed by atoms with van der Waals surface area (Å²) in [6.07, 6.45) is 3.88. The lowest BCUT2D eigenvalue weighted by Gasteiger charge is -2.07. The van der Waals surface area contributed by atoms with Crippen molar-refractivity contribution in [3.8, 4) is 5.75 Å². The lowest BCUT2D eigenvalue weighted by molar-refractivity contribution is -0.203. The monoisotopic (exact) mass is 206 g/mol. The Morgan fingerprint density at radius 3 is 3.13 bits per heavy atom. The molecule has 1 N–H and O–H groups in total. The third kappa shape index (κ3) is 2.70. The van der Waals surface area contributed by atoms with Crippen molar-refractivity contribution in [2.45, 2.75) is 25.7 Å². The molecule has 0 aliphatic carbocycles. The first-order valence-electron chi connectivity index (χ1n) is 5.46. The highest BCUT2D eigenvalue weighted by atomic mass is 17.2. The summed E-state index contributed by atoms with van der Waals surface area (Å²) in [5.41, 5.74) is 9.57. The van der Waals surface area contributed by atoms with E-state index in [2.05, 4.69) is 12.1 Å². The van der Waals surface area contributed by atoms with Gasteiger partial charge in [-0.15, -0.1) is 0 Å². The molecule has 1 aliphatic rings. The zero-order chi connectivity index (χ0) is 10.5. The SMILES string of the molecule is [NH]CCCc1ccc2c(c1)OOCCC2. The highest BCUT2D eigenvalue weighted by molar-refractivity contribution is 5.37. The number of hydrogen-bond acceptors (Lipinski definition) is 2. The zero-order valence-electron chi connectivity index (χ0n) is 8.79. The minimum Gasteiger partial charge on any atom is -0.337 e. The van der Waals surface area contributed by atoms with Gasteiger partial charge in [-0.25, -0.2) is 0 Å². The van der Waals surface area contributed by atoms with Gasteiger partial charge < -0.3 is 4.89 Å². The van der Waals surface area contributed by atoms with Crippen LogP contribution < -0.4 is 10.6 Å². The second-order valence-electron chi connectivity index (χ2n) is 3.80. The number of rotatable bonds is 3. The van der Waals surface area contributed by atoms with E-state index in [0.29, 0.717) is 13.2 Å². The molecule has 2 rings (SSSR count). The van der Waals surface area contributed by atoms with Crippen LogP contribution in [-0.2, 0) is 17.7 Å². The molecular formula is C12H16NO2. The molecule has 0 fully saturated rings. The first-order valence-corrected chi connectivity index (χ1v) is 5.46. The van der Waals surface area contributed by atoms with E-state index in [9.17, 15) is 0 Å². The molecule has 0 saturated carbocycles. The second kappa shape index (κ2) is 5.14. The Kier molecular flexibility index (Phi) is 3.59. The molecule has 15 heavy (non-hydrogen) atoms. The van der Waals surface area contributed by atoms with E-state index < -0.39 is 0 Å². The van der Waals surface area contributed by atoms with Crippen molar-refractivity contribution in [3.05, 3.63) is 29.3 Å². The van der Waals surface area contributed by atoms with Gasteiger partial charge in [-0.3, -0.25) is 5.73 Å². The maximum atomic E-state index is 7.12. The maximum absolute atomic E-state index is 7.12. The molecule has 0 saturated heterocycles. The number of benzene rings is 1. The van der Waals surface area contributed by atoms with E-state index >= 15 is 0 Å². The topological polar surface area (TPSA) is 42.3 Å². The Morgan fingerprint density at radius 1 is 1.33 bits per heavy atom. The van der Waals surface area contributed by atoms with Gasteiger partial charge in [0, 0.05) is 6.54 Å². The fourth-order valence-electron chi connectivity index (χ4n) is 1.76. The quantitative estimate of drug-likeness (QED) is 0.711. The molecule has 0 bridgehead atoms. The summed E-state index contributed by atoms with van der Waals surface area (Å²) in [4.78, 5) is 10.3. The smallest absolute Gasteiger partial charge is 0.168 e.